The molecule has 1 atom stereocenters. The summed E-state index contributed by atoms with van der Waals surface area (Å²) in [6.45, 7) is 3.86. The van der Waals surface area contributed by atoms with E-state index in [0.717, 1.165) is 49.0 Å². The number of nitrogens with zero attached hydrogens (tertiary/aromatic N) is 1. The van der Waals surface area contributed by atoms with Crippen molar-refractivity contribution in [2.45, 2.75) is 13.0 Å². The van der Waals surface area contributed by atoms with Gasteiger partial charge in [0.05, 0.1) is 27.0 Å². The van der Waals surface area contributed by atoms with E-state index in [1.807, 2.05) is 24.3 Å². The van der Waals surface area contributed by atoms with Gasteiger partial charge < -0.3 is 24.4 Å². The summed E-state index contributed by atoms with van der Waals surface area (Å²) >= 11 is 0. The Morgan fingerprint density at radius 1 is 0.962 bits per heavy atom. The van der Waals surface area contributed by atoms with Crippen molar-refractivity contribution >= 4 is 5.69 Å². The van der Waals surface area contributed by atoms with Crippen LogP contribution in [0.3, 0.4) is 0 Å². The first-order valence-corrected chi connectivity index (χ1v) is 9.05. The van der Waals surface area contributed by atoms with Crippen molar-refractivity contribution in [1.29, 1.82) is 0 Å². The molecule has 1 aliphatic rings. The number of benzene rings is 2. The molecule has 1 fully saturated rings. The number of hydrogen-bond donors (Lipinski definition) is 1. The van der Waals surface area contributed by atoms with E-state index < -0.39 is 0 Å². The Morgan fingerprint density at radius 2 is 1.73 bits per heavy atom. The standard InChI is InChI=1S/C21H28N2O3/c1-24-19-9-5-4-8-18(19)23-12-11-16(15-23)13-22-14-17-7-6-10-20(25-2)21(17)26-3/h4-10,16,22H,11-15H2,1-3H3/t16-/m1/s1. The monoisotopic (exact) mass is 356 g/mol. The summed E-state index contributed by atoms with van der Waals surface area (Å²) in [5.41, 5.74) is 2.30. The van der Waals surface area contributed by atoms with Gasteiger partial charge in [0.25, 0.3) is 0 Å². The van der Waals surface area contributed by atoms with Crippen LogP contribution in [0.15, 0.2) is 42.5 Å². The fraction of sp³-hybridized carbons (Fsp3) is 0.429. The molecule has 0 aliphatic carbocycles. The second kappa shape index (κ2) is 8.81. The van der Waals surface area contributed by atoms with E-state index in [1.54, 1.807) is 21.3 Å². The third kappa shape index (κ3) is 4.05. The van der Waals surface area contributed by atoms with Crippen LogP contribution in [-0.4, -0.2) is 41.0 Å². The van der Waals surface area contributed by atoms with Gasteiger partial charge in [-0.2, -0.15) is 0 Å². The molecule has 26 heavy (non-hydrogen) atoms. The number of rotatable bonds is 8. The maximum Gasteiger partial charge on any atom is 0.165 e. The second-order valence-electron chi connectivity index (χ2n) is 6.56. The minimum atomic E-state index is 0.622. The van der Waals surface area contributed by atoms with Gasteiger partial charge in [0.1, 0.15) is 5.75 Å². The van der Waals surface area contributed by atoms with E-state index in [4.69, 9.17) is 14.2 Å². The number of para-hydroxylation sites is 3. The molecule has 0 spiro atoms. The third-order valence-corrected chi connectivity index (χ3v) is 4.94. The summed E-state index contributed by atoms with van der Waals surface area (Å²) in [6.07, 6.45) is 1.18. The molecule has 0 saturated carbocycles. The SMILES string of the molecule is COc1ccccc1N1CC[C@H](CNCc2cccc(OC)c2OC)C1. The Kier molecular flexibility index (Phi) is 6.23. The molecular formula is C21H28N2O3. The summed E-state index contributed by atoms with van der Waals surface area (Å²) in [5, 5.41) is 3.58. The zero-order chi connectivity index (χ0) is 18.4. The lowest BCUT2D eigenvalue weighted by Crippen LogP contribution is -2.26. The molecule has 3 rings (SSSR count). The van der Waals surface area contributed by atoms with E-state index in [2.05, 4.69) is 28.4 Å². The van der Waals surface area contributed by atoms with E-state index in [1.165, 1.54) is 12.1 Å². The van der Waals surface area contributed by atoms with Crippen molar-refractivity contribution in [3.05, 3.63) is 48.0 Å². The highest BCUT2D eigenvalue weighted by molar-refractivity contribution is 5.59. The third-order valence-electron chi connectivity index (χ3n) is 4.94. The molecule has 0 bridgehead atoms. The van der Waals surface area contributed by atoms with Crippen LogP contribution < -0.4 is 24.4 Å². The average Bonchev–Trinajstić information content (AvgIpc) is 3.16. The molecule has 1 saturated heterocycles. The van der Waals surface area contributed by atoms with Gasteiger partial charge in [0.15, 0.2) is 11.5 Å². The average molecular weight is 356 g/mol. The van der Waals surface area contributed by atoms with Crippen LogP contribution in [0, 0.1) is 5.92 Å². The van der Waals surface area contributed by atoms with Crippen LogP contribution in [0.5, 0.6) is 17.2 Å². The van der Waals surface area contributed by atoms with Gasteiger partial charge in [-0.3, -0.25) is 0 Å². The Labute approximate surface area is 155 Å². The Bertz CT molecular complexity index is 720. The maximum absolute atomic E-state index is 5.50. The molecule has 5 heteroatoms. The molecule has 1 heterocycles. The topological polar surface area (TPSA) is 43.0 Å². The van der Waals surface area contributed by atoms with Crippen LogP contribution in [0.2, 0.25) is 0 Å². The van der Waals surface area contributed by atoms with Crippen LogP contribution in [-0.2, 0) is 6.54 Å². The lowest BCUT2D eigenvalue weighted by atomic mass is 10.1. The van der Waals surface area contributed by atoms with Crippen molar-refractivity contribution in [2.75, 3.05) is 45.9 Å². The Hall–Kier alpha value is -2.40. The summed E-state index contributed by atoms with van der Waals surface area (Å²) in [7, 11) is 5.08. The molecule has 0 amide bonds. The molecule has 2 aromatic carbocycles. The lowest BCUT2D eigenvalue weighted by Gasteiger charge is -2.21. The Morgan fingerprint density at radius 3 is 2.50 bits per heavy atom. The number of anilines is 1. The molecule has 1 aliphatic heterocycles. The highest BCUT2D eigenvalue weighted by atomic mass is 16.5. The number of hydrogen-bond acceptors (Lipinski definition) is 5. The van der Waals surface area contributed by atoms with Gasteiger partial charge in [0.2, 0.25) is 0 Å². The minimum absolute atomic E-state index is 0.622. The molecule has 0 radical (unpaired) electrons. The first-order valence-electron chi connectivity index (χ1n) is 9.05. The summed E-state index contributed by atoms with van der Waals surface area (Å²) in [6, 6.07) is 14.2. The number of methoxy groups -OCH3 is 3. The van der Waals surface area contributed by atoms with Crippen LogP contribution >= 0.6 is 0 Å². The molecule has 1 N–H and O–H groups in total. The zero-order valence-corrected chi connectivity index (χ0v) is 15.8. The maximum atomic E-state index is 5.50. The number of ether oxygens (including phenoxy) is 3. The van der Waals surface area contributed by atoms with E-state index in [0.29, 0.717) is 5.92 Å². The van der Waals surface area contributed by atoms with Crippen molar-refractivity contribution < 1.29 is 14.2 Å². The van der Waals surface area contributed by atoms with Gasteiger partial charge in [-0.25, -0.2) is 0 Å². The number of nitrogens with one attached hydrogen (secondary N) is 1. The van der Waals surface area contributed by atoms with E-state index in [-0.39, 0.29) is 0 Å². The zero-order valence-electron chi connectivity index (χ0n) is 15.8. The first-order chi connectivity index (χ1) is 12.8. The normalized spacial score (nSPS) is 16.6. The van der Waals surface area contributed by atoms with Crippen LogP contribution in [0.1, 0.15) is 12.0 Å². The molecule has 0 aromatic heterocycles. The van der Waals surface area contributed by atoms with Crippen molar-refractivity contribution in [1.82, 2.24) is 5.32 Å². The summed E-state index contributed by atoms with van der Waals surface area (Å²) in [4.78, 5) is 2.41. The van der Waals surface area contributed by atoms with Gasteiger partial charge in [-0.1, -0.05) is 24.3 Å². The van der Waals surface area contributed by atoms with Crippen LogP contribution in [0.25, 0.3) is 0 Å². The van der Waals surface area contributed by atoms with E-state index in [9.17, 15) is 0 Å². The van der Waals surface area contributed by atoms with Gasteiger partial charge in [0, 0.05) is 31.7 Å². The fourth-order valence-electron chi connectivity index (χ4n) is 3.61. The van der Waals surface area contributed by atoms with Crippen molar-refractivity contribution in [3.8, 4) is 17.2 Å². The molecule has 0 unspecified atom stereocenters. The first kappa shape index (κ1) is 18.4. The molecule has 5 nitrogen and oxygen atoms in total. The van der Waals surface area contributed by atoms with E-state index >= 15 is 0 Å². The van der Waals surface area contributed by atoms with Crippen molar-refractivity contribution in [2.24, 2.45) is 5.92 Å². The van der Waals surface area contributed by atoms with Gasteiger partial charge in [-0.15, -0.1) is 0 Å². The highest BCUT2D eigenvalue weighted by Crippen LogP contribution is 2.32. The highest BCUT2D eigenvalue weighted by Gasteiger charge is 2.24. The fourth-order valence-corrected chi connectivity index (χ4v) is 3.61. The molecule has 2 aromatic rings. The lowest BCUT2D eigenvalue weighted by molar-refractivity contribution is 0.350. The second-order valence-corrected chi connectivity index (χ2v) is 6.56. The van der Waals surface area contributed by atoms with Gasteiger partial charge in [-0.05, 0) is 30.5 Å². The summed E-state index contributed by atoms with van der Waals surface area (Å²) < 4.78 is 16.4. The predicted octanol–water partition coefficient (Wildman–Crippen LogP) is 3.33. The van der Waals surface area contributed by atoms with Crippen molar-refractivity contribution in [3.63, 3.8) is 0 Å². The minimum Gasteiger partial charge on any atom is -0.495 e. The van der Waals surface area contributed by atoms with Crippen LogP contribution in [0.4, 0.5) is 5.69 Å². The Balaban J connectivity index is 1.54. The summed E-state index contributed by atoms with van der Waals surface area (Å²) in [5.74, 6) is 3.15. The predicted molar refractivity (Wildman–Crippen MR) is 105 cm³/mol. The molecule has 140 valence electrons. The van der Waals surface area contributed by atoms with Gasteiger partial charge >= 0.3 is 0 Å². The quantitative estimate of drug-likeness (QED) is 0.786. The molecular weight excluding hydrogens is 328 g/mol. The smallest absolute Gasteiger partial charge is 0.165 e. The largest absolute Gasteiger partial charge is 0.495 e.